The average molecular weight is 239 g/mol. The number of aryl methyl sites for hydroxylation is 2. The number of hydrogen-bond donors (Lipinski definition) is 2. The SMILES string of the molecule is CCc1cc(CNC(CO)CC(C)C)n(C)n1. The lowest BCUT2D eigenvalue weighted by Gasteiger charge is -2.18. The van der Waals surface area contributed by atoms with E-state index >= 15 is 0 Å². The normalized spacial score (nSPS) is 13.3. The van der Waals surface area contributed by atoms with E-state index in [0.717, 1.165) is 25.1 Å². The maximum atomic E-state index is 9.29. The van der Waals surface area contributed by atoms with E-state index in [1.165, 1.54) is 5.69 Å². The molecule has 1 aromatic rings. The number of aromatic nitrogens is 2. The smallest absolute Gasteiger partial charge is 0.0625 e. The second-order valence-corrected chi connectivity index (χ2v) is 4.99. The Bertz CT molecular complexity index is 333. The summed E-state index contributed by atoms with van der Waals surface area (Å²) in [6.45, 7) is 7.40. The summed E-state index contributed by atoms with van der Waals surface area (Å²) in [5.74, 6) is 0.595. The van der Waals surface area contributed by atoms with Crippen LogP contribution in [0.2, 0.25) is 0 Å². The predicted octanol–water partition coefficient (Wildman–Crippen LogP) is 1.48. The first-order valence-corrected chi connectivity index (χ1v) is 6.42. The van der Waals surface area contributed by atoms with Crippen LogP contribution in [0, 0.1) is 5.92 Å². The molecule has 0 aromatic carbocycles. The van der Waals surface area contributed by atoms with Gasteiger partial charge in [0.25, 0.3) is 0 Å². The Hall–Kier alpha value is -0.870. The van der Waals surface area contributed by atoms with E-state index in [1.54, 1.807) is 0 Å². The Morgan fingerprint density at radius 1 is 1.47 bits per heavy atom. The molecule has 0 aliphatic rings. The fraction of sp³-hybridized carbons (Fsp3) is 0.769. The summed E-state index contributed by atoms with van der Waals surface area (Å²) >= 11 is 0. The maximum absolute atomic E-state index is 9.29. The number of rotatable bonds is 7. The van der Waals surface area contributed by atoms with E-state index in [2.05, 4.69) is 37.3 Å². The van der Waals surface area contributed by atoms with Gasteiger partial charge in [-0.25, -0.2) is 0 Å². The maximum Gasteiger partial charge on any atom is 0.0625 e. The molecule has 0 aliphatic carbocycles. The zero-order chi connectivity index (χ0) is 12.8. The molecule has 4 nitrogen and oxygen atoms in total. The van der Waals surface area contributed by atoms with Gasteiger partial charge in [-0.3, -0.25) is 4.68 Å². The highest BCUT2D eigenvalue weighted by molar-refractivity contribution is 5.10. The number of nitrogens with zero attached hydrogens (tertiary/aromatic N) is 2. The topological polar surface area (TPSA) is 50.1 Å². The molecule has 0 radical (unpaired) electrons. The van der Waals surface area contributed by atoms with Crippen LogP contribution >= 0.6 is 0 Å². The Labute approximate surface area is 104 Å². The van der Waals surface area contributed by atoms with Crippen LogP contribution in [-0.2, 0) is 20.0 Å². The van der Waals surface area contributed by atoms with E-state index in [4.69, 9.17) is 0 Å². The lowest BCUT2D eigenvalue weighted by molar-refractivity contribution is 0.222. The van der Waals surface area contributed by atoms with Crippen molar-refractivity contribution in [2.24, 2.45) is 13.0 Å². The van der Waals surface area contributed by atoms with Crippen molar-refractivity contribution in [2.45, 2.75) is 46.2 Å². The number of hydrogen-bond acceptors (Lipinski definition) is 3. The van der Waals surface area contributed by atoms with Crippen LogP contribution in [0.5, 0.6) is 0 Å². The molecule has 98 valence electrons. The average Bonchev–Trinajstić information content (AvgIpc) is 2.65. The van der Waals surface area contributed by atoms with Crippen LogP contribution in [0.25, 0.3) is 0 Å². The van der Waals surface area contributed by atoms with Crippen molar-refractivity contribution in [3.63, 3.8) is 0 Å². The minimum atomic E-state index is 0.176. The second kappa shape index (κ2) is 6.77. The summed E-state index contributed by atoms with van der Waals surface area (Å²) in [6, 6.07) is 2.30. The molecular formula is C13H25N3O. The van der Waals surface area contributed by atoms with Crippen molar-refractivity contribution in [1.82, 2.24) is 15.1 Å². The lowest BCUT2D eigenvalue weighted by Crippen LogP contribution is -2.33. The fourth-order valence-corrected chi connectivity index (χ4v) is 1.95. The van der Waals surface area contributed by atoms with Crippen LogP contribution in [0.4, 0.5) is 0 Å². The highest BCUT2D eigenvalue weighted by Crippen LogP contribution is 2.07. The summed E-state index contributed by atoms with van der Waals surface area (Å²) in [4.78, 5) is 0. The molecule has 4 heteroatoms. The van der Waals surface area contributed by atoms with Gasteiger partial charge in [-0.15, -0.1) is 0 Å². The molecule has 1 unspecified atom stereocenters. The molecule has 1 aromatic heterocycles. The zero-order valence-electron chi connectivity index (χ0n) is 11.4. The molecule has 0 saturated carbocycles. The molecule has 1 atom stereocenters. The van der Waals surface area contributed by atoms with E-state index in [0.29, 0.717) is 5.92 Å². The third-order valence-electron chi connectivity index (χ3n) is 2.94. The standard InChI is InChI=1S/C13H25N3O/c1-5-11-7-13(16(4)15-11)8-14-12(9-17)6-10(2)3/h7,10,12,14,17H,5-6,8-9H2,1-4H3. The van der Waals surface area contributed by atoms with Crippen LogP contribution in [-0.4, -0.2) is 27.5 Å². The van der Waals surface area contributed by atoms with Crippen molar-refractivity contribution < 1.29 is 5.11 Å². The molecule has 1 heterocycles. The van der Waals surface area contributed by atoms with Crippen molar-refractivity contribution in [3.8, 4) is 0 Å². The first-order chi connectivity index (χ1) is 8.06. The van der Waals surface area contributed by atoms with Gasteiger partial charge >= 0.3 is 0 Å². The molecule has 0 spiro atoms. The minimum absolute atomic E-state index is 0.176. The fourth-order valence-electron chi connectivity index (χ4n) is 1.95. The van der Waals surface area contributed by atoms with E-state index < -0.39 is 0 Å². The molecule has 0 aliphatic heterocycles. The quantitative estimate of drug-likeness (QED) is 0.758. The zero-order valence-corrected chi connectivity index (χ0v) is 11.4. The summed E-state index contributed by atoms with van der Waals surface area (Å²) in [7, 11) is 1.96. The van der Waals surface area contributed by atoms with Gasteiger partial charge in [-0.05, 0) is 24.8 Å². The van der Waals surface area contributed by atoms with E-state index in [-0.39, 0.29) is 12.6 Å². The van der Waals surface area contributed by atoms with Gasteiger partial charge in [0.2, 0.25) is 0 Å². The summed E-state index contributed by atoms with van der Waals surface area (Å²) in [5, 5.41) is 17.1. The third kappa shape index (κ3) is 4.48. The van der Waals surface area contributed by atoms with Crippen LogP contribution in [0.3, 0.4) is 0 Å². The van der Waals surface area contributed by atoms with Crippen molar-refractivity contribution >= 4 is 0 Å². The van der Waals surface area contributed by atoms with Crippen LogP contribution in [0.1, 0.15) is 38.6 Å². The van der Waals surface area contributed by atoms with Gasteiger partial charge in [0.1, 0.15) is 0 Å². The van der Waals surface area contributed by atoms with Gasteiger partial charge in [0.15, 0.2) is 0 Å². The molecule has 2 N–H and O–H groups in total. The number of aliphatic hydroxyl groups is 1. The molecule has 0 bridgehead atoms. The Kier molecular flexibility index (Phi) is 5.65. The predicted molar refractivity (Wildman–Crippen MR) is 69.8 cm³/mol. The summed E-state index contributed by atoms with van der Waals surface area (Å²) in [5.41, 5.74) is 2.29. The van der Waals surface area contributed by atoms with E-state index in [9.17, 15) is 5.11 Å². The van der Waals surface area contributed by atoms with Gasteiger partial charge < -0.3 is 10.4 Å². The highest BCUT2D eigenvalue weighted by atomic mass is 16.3. The van der Waals surface area contributed by atoms with Gasteiger partial charge in [-0.2, -0.15) is 5.10 Å². The van der Waals surface area contributed by atoms with Crippen LogP contribution < -0.4 is 5.32 Å². The van der Waals surface area contributed by atoms with Crippen molar-refractivity contribution in [1.29, 1.82) is 0 Å². The number of nitrogens with one attached hydrogen (secondary N) is 1. The number of aliphatic hydroxyl groups excluding tert-OH is 1. The van der Waals surface area contributed by atoms with Crippen LogP contribution in [0.15, 0.2) is 6.07 Å². The van der Waals surface area contributed by atoms with Gasteiger partial charge in [0, 0.05) is 19.6 Å². The first-order valence-electron chi connectivity index (χ1n) is 6.42. The van der Waals surface area contributed by atoms with Gasteiger partial charge in [-0.1, -0.05) is 20.8 Å². The van der Waals surface area contributed by atoms with Gasteiger partial charge in [0.05, 0.1) is 18.0 Å². The van der Waals surface area contributed by atoms with Crippen molar-refractivity contribution in [2.75, 3.05) is 6.61 Å². The molecule has 0 saturated heterocycles. The molecule has 1 rings (SSSR count). The first kappa shape index (κ1) is 14.2. The summed E-state index contributed by atoms with van der Waals surface area (Å²) < 4.78 is 1.91. The summed E-state index contributed by atoms with van der Waals surface area (Å²) in [6.07, 6.45) is 1.96. The van der Waals surface area contributed by atoms with Crippen molar-refractivity contribution in [3.05, 3.63) is 17.5 Å². The Morgan fingerprint density at radius 2 is 2.18 bits per heavy atom. The molecular weight excluding hydrogens is 214 g/mol. The Morgan fingerprint density at radius 3 is 2.65 bits per heavy atom. The second-order valence-electron chi connectivity index (χ2n) is 4.99. The molecule has 17 heavy (non-hydrogen) atoms. The molecule has 0 fully saturated rings. The largest absolute Gasteiger partial charge is 0.395 e. The lowest BCUT2D eigenvalue weighted by atomic mass is 10.0. The van der Waals surface area contributed by atoms with E-state index in [1.807, 2.05) is 11.7 Å². The highest BCUT2D eigenvalue weighted by Gasteiger charge is 2.10. The monoisotopic (exact) mass is 239 g/mol. The molecule has 0 amide bonds. The minimum Gasteiger partial charge on any atom is -0.395 e. The third-order valence-corrected chi connectivity index (χ3v) is 2.94. The Balaban J connectivity index is 2.50.